The Bertz CT molecular complexity index is 646. The highest BCUT2D eigenvalue weighted by molar-refractivity contribution is 5.88. The summed E-state index contributed by atoms with van der Waals surface area (Å²) in [5.41, 5.74) is 1.21. The lowest BCUT2D eigenvalue weighted by Gasteiger charge is -2.17. The first-order valence-electron chi connectivity index (χ1n) is 6.75. The van der Waals surface area contributed by atoms with E-state index in [-0.39, 0.29) is 6.42 Å². The fraction of sp³-hybridized carbons (Fsp3) is 0.538. The van der Waals surface area contributed by atoms with Crippen molar-refractivity contribution >= 4 is 22.9 Å². The molecule has 3 heterocycles. The molecule has 0 radical (unpaired) electrons. The Hall–Kier alpha value is -2.18. The highest BCUT2D eigenvalue weighted by atomic mass is 16.5. The Morgan fingerprint density at radius 1 is 1.35 bits per heavy atom. The van der Waals surface area contributed by atoms with Gasteiger partial charge in [0.15, 0.2) is 0 Å². The predicted molar refractivity (Wildman–Crippen MR) is 71.7 cm³/mol. The monoisotopic (exact) mass is 276 g/mol. The highest BCUT2D eigenvalue weighted by Crippen LogP contribution is 2.29. The quantitative estimate of drug-likeness (QED) is 0.905. The summed E-state index contributed by atoms with van der Waals surface area (Å²) in [6, 6.07) is 0. The second kappa shape index (κ2) is 5.07. The van der Waals surface area contributed by atoms with Crippen molar-refractivity contribution in [2.24, 2.45) is 0 Å². The van der Waals surface area contributed by atoms with Gasteiger partial charge in [0.2, 0.25) is 0 Å². The molecule has 0 aliphatic carbocycles. The largest absolute Gasteiger partial charge is 0.481 e. The van der Waals surface area contributed by atoms with Crippen LogP contribution in [0.25, 0.3) is 11.1 Å². The summed E-state index contributed by atoms with van der Waals surface area (Å²) in [5.74, 6) is 0.467. The SMILES string of the molecule is Cc1noc2nc(CCC(=O)O)nc(N3CCCC3)c12. The molecule has 0 unspecified atom stereocenters. The lowest BCUT2D eigenvalue weighted by Crippen LogP contribution is -2.20. The second-order valence-corrected chi connectivity index (χ2v) is 5.00. The Morgan fingerprint density at radius 3 is 2.80 bits per heavy atom. The number of carbonyl (C=O) groups is 1. The zero-order valence-corrected chi connectivity index (χ0v) is 11.3. The van der Waals surface area contributed by atoms with Crippen molar-refractivity contribution in [2.75, 3.05) is 18.0 Å². The van der Waals surface area contributed by atoms with Crippen LogP contribution in [0.5, 0.6) is 0 Å². The molecular weight excluding hydrogens is 260 g/mol. The van der Waals surface area contributed by atoms with E-state index in [0.29, 0.717) is 18.0 Å². The molecule has 7 nitrogen and oxygen atoms in total. The van der Waals surface area contributed by atoms with Gasteiger partial charge in [0.1, 0.15) is 17.0 Å². The van der Waals surface area contributed by atoms with Crippen LogP contribution in [0.4, 0.5) is 5.82 Å². The van der Waals surface area contributed by atoms with Crippen molar-refractivity contribution in [1.29, 1.82) is 0 Å². The lowest BCUT2D eigenvalue weighted by molar-refractivity contribution is -0.137. The van der Waals surface area contributed by atoms with Gasteiger partial charge < -0.3 is 14.5 Å². The standard InChI is InChI=1S/C13H16N4O3/c1-8-11-12(17-6-2-3-7-17)14-9(4-5-10(18)19)15-13(11)20-16-8/h2-7H2,1H3,(H,18,19). The number of carboxylic acids is 1. The molecule has 1 fully saturated rings. The Balaban J connectivity index is 2.03. The van der Waals surface area contributed by atoms with E-state index in [9.17, 15) is 4.79 Å². The minimum Gasteiger partial charge on any atom is -0.481 e. The number of rotatable bonds is 4. The maximum absolute atomic E-state index is 10.7. The van der Waals surface area contributed by atoms with Gasteiger partial charge in [0, 0.05) is 19.5 Å². The third-order valence-corrected chi connectivity index (χ3v) is 3.50. The van der Waals surface area contributed by atoms with Crippen molar-refractivity contribution in [2.45, 2.75) is 32.6 Å². The van der Waals surface area contributed by atoms with E-state index in [0.717, 1.165) is 42.8 Å². The summed E-state index contributed by atoms with van der Waals surface area (Å²) >= 11 is 0. The van der Waals surface area contributed by atoms with Crippen LogP contribution in [0.15, 0.2) is 4.52 Å². The fourth-order valence-electron chi connectivity index (χ4n) is 2.50. The zero-order valence-electron chi connectivity index (χ0n) is 11.3. The van der Waals surface area contributed by atoms with E-state index >= 15 is 0 Å². The van der Waals surface area contributed by atoms with Crippen molar-refractivity contribution in [3.63, 3.8) is 0 Å². The molecular formula is C13H16N4O3. The van der Waals surface area contributed by atoms with Crippen LogP contribution in [0, 0.1) is 6.92 Å². The molecule has 0 amide bonds. The fourth-order valence-corrected chi connectivity index (χ4v) is 2.50. The molecule has 2 aromatic heterocycles. The van der Waals surface area contributed by atoms with Gasteiger partial charge in [0.25, 0.3) is 5.71 Å². The minimum atomic E-state index is -0.856. The Morgan fingerprint density at radius 2 is 2.10 bits per heavy atom. The van der Waals surface area contributed by atoms with E-state index in [2.05, 4.69) is 20.0 Å². The van der Waals surface area contributed by atoms with Gasteiger partial charge in [-0.25, -0.2) is 4.98 Å². The van der Waals surface area contributed by atoms with Gasteiger partial charge in [-0.05, 0) is 19.8 Å². The van der Waals surface area contributed by atoms with Crippen molar-refractivity contribution < 1.29 is 14.4 Å². The summed E-state index contributed by atoms with van der Waals surface area (Å²) in [5, 5.41) is 13.6. The summed E-state index contributed by atoms with van der Waals surface area (Å²) in [6.45, 7) is 3.77. The molecule has 106 valence electrons. The van der Waals surface area contributed by atoms with Gasteiger partial charge in [-0.1, -0.05) is 5.16 Å². The van der Waals surface area contributed by atoms with Crippen LogP contribution >= 0.6 is 0 Å². The maximum atomic E-state index is 10.7. The Labute approximate surface area is 115 Å². The third-order valence-electron chi connectivity index (χ3n) is 3.50. The van der Waals surface area contributed by atoms with Gasteiger partial charge >= 0.3 is 5.97 Å². The van der Waals surface area contributed by atoms with Crippen LogP contribution in [0.2, 0.25) is 0 Å². The van der Waals surface area contributed by atoms with E-state index in [1.807, 2.05) is 6.92 Å². The molecule has 20 heavy (non-hydrogen) atoms. The average molecular weight is 276 g/mol. The molecule has 3 rings (SSSR count). The van der Waals surface area contributed by atoms with Crippen molar-refractivity contribution in [3.05, 3.63) is 11.5 Å². The van der Waals surface area contributed by atoms with E-state index in [4.69, 9.17) is 9.63 Å². The second-order valence-electron chi connectivity index (χ2n) is 5.00. The van der Waals surface area contributed by atoms with Gasteiger partial charge in [-0.3, -0.25) is 4.79 Å². The Kier molecular flexibility index (Phi) is 3.25. The van der Waals surface area contributed by atoms with E-state index < -0.39 is 5.97 Å². The number of hydrogen-bond donors (Lipinski definition) is 1. The minimum absolute atomic E-state index is 0.0120. The summed E-state index contributed by atoms with van der Waals surface area (Å²) in [7, 11) is 0. The van der Waals surface area contributed by atoms with Crippen LogP contribution < -0.4 is 4.90 Å². The number of hydrogen-bond acceptors (Lipinski definition) is 6. The third kappa shape index (κ3) is 2.31. The molecule has 1 aliphatic rings. The van der Waals surface area contributed by atoms with Crippen LogP contribution in [-0.4, -0.2) is 39.3 Å². The van der Waals surface area contributed by atoms with Crippen molar-refractivity contribution in [3.8, 4) is 0 Å². The van der Waals surface area contributed by atoms with Crippen molar-refractivity contribution in [1.82, 2.24) is 15.1 Å². The number of aromatic nitrogens is 3. The molecule has 0 atom stereocenters. The summed E-state index contributed by atoms with van der Waals surface area (Å²) in [4.78, 5) is 21.7. The molecule has 0 aromatic carbocycles. The number of carboxylic acid groups (broad SMARTS) is 1. The number of anilines is 1. The molecule has 2 aromatic rings. The highest BCUT2D eigenvalue weighted by Gasteiger charge is 2.22. The normalized spacial score (nSPS) is 15.2. The van der Waals surface area contributed by atoms with Crippen LogP contribution in [-0.2, 0) is 11.2 Å². The zero-order chi connectivity index (χ0) is 14.1. The van der Waals surface area contributed by atoms with Gasteiger partial charge in [-0.15, -0.1) is 0 Å². The van der Waals surface area contributed by atoms with Gasteiger partial charge in [0.05, 0.1) is 12.1 Å². The first kappa shape index (κ1) is 12.8. The van der Waals surface area contributed by atoms with Crippen LogP contribution in [0.1, 0.15) is 30.8 Å². The average Bonchev–Trinajstić information content (AvgIpc) is 3.06. The number of nitrogens with zero attached hydrogens (tertiary/aromatic N) is 4. The van der Waals surface area contributed by atoms with Gasteiger partial charge in [-0.2, -0.15) is 4.98 Å². The number of aryl methyl sites for hydroxylation is 2. The number of fused-ring (bicyclic) bond motifs is 1. The lowest BCUT2D eigenvalue weighted by atomic mass is 10.2. The molecule has 1 saturated heterocycles. The van der Waals surface area contributed by atoms with E-state index in [1.165, 1.54) is 0 Å². The molecule has 1 N–H and O–H groups in total. The summed E-state index contributed by atoms with van der Waals surface area (Å²) < 4.78 is 5.22. The molecule has 0 saturated carbocycles. The molecule has 7 heteroatoms. The molecule has 0 spiro atoms. The number of aliphatic carboxylic acids is 1. The van der Waals surface area contributed by atoms with E-state index in [1.54, 1.807) is 0 Å². The molecule has 1 aliphatic heterocycles. The van der Waals surface area contributed by atoms with Crippen LogP contribution in [0.3, 0.4) is 0 Å². The topological polar surface area (TPSA) is 92.3 Å². The first-order valence-corrected chi connectivity index (χ1v) is 6.75. The molecule has 0 bridgehead atoms. The maximum Gasteiger partial charge on any atom is 0.303 e. The predicted octanol–water partition coefficient (Wildman–Crippen LogP) is 1.54. The first-order chi connectivity index (χ1) is 9.65. The smallest absolute Gasteiger partial charge is 0.303 e. The summed E-state index contributed by atoms with van der Waals surface area (Å²) in [6.07, 6.45) is 2.59.